The predicted molar refractivity (Wildman–Crippen MR) is 81.7 cm³/mol. The van der Waals surface area contributed by atoms with E-state index in [0.717, 1.165) is 25.9 Å². The van der Waals surface area contributed by atoms with E-state index in [9.17, 15) is 9.59 Å². The second-order valence-corrected chi connectivity index (χ2v) is 5.53. The Kier molecular flexibility index (Phi) is 4.70. The topological polar surface area (TPSA) is 93.3 Å². The average molecular weight is 317 g/mol. The van der Waals surface area contributed by atoms with Crippen LogP contribution in [0, 0.1) is 0 Å². The molecule has 1 N–H and O–H groups in total. The molecule has 0 atom stereocenters. The van der Waals surface area contributed by atoms with Gasteiger partial charge in [0, 0.05) is 13.1 Å². The molecule has 3 heterocycles. The van der Waals surface area contributed by atoms with Gasteiger partial charge in [-0.3, -0.25) is 14.9 Å². The Morgan fingerprint density at radius 1 is 1.22 bits per heavy atom. The zero-order valence-corrected chi connectivity index (χ0v) is 12.8. The van der Waals surface area contributed by atoms with E-state index in [2.05, 4.69) is 15.4 Å². The van der Waals surface area contributed by atoms with Crippen molar-refractivity contribution in [2.45, 2.75) is 32.2 Å². The fourth-order valence-electron chi connectivity index (χ4n) is 2.55. The van der Waals surface area contributed by atoms with E-state index >= 15 is 0 Å². The number of carbonyl (C=O) groups is 2. The molecule has 2 aromatic rings. The van der Waals surface area contributed by atoms with Crippen LogP contribution < -0.4 is 5.32 Å². The van der Waals surface area contributed by atoms with Crippen LogP contribution in [0.3, 0.4) is 0 Å². The summed E-state index contributed by atoms with van der Waals surface area (Å²) < 4.78 is 6.29. The number of anilines is 1. The molecule has 122 valence electrons. The minimum atomic E-state index is -0.352. The molecule has 2 aromatic heterocycles. The van der Waals surface area contributed by atoms with Crippen molar-refractivity contribution in [1.82, 2.24) is 19.7 Å². The zero-order chi connectivity index (χ0) is 16.1. The zero-order valence-electron chi connectivity index (χ0n) is 12.8. The van der Waals surface area contributed by atoms with Crippen molar-refractivity contribution >= 4 is 17.8 Å². The molecule has 8 heteroatoms. The molecule has 1 saturated heterocycles. The number of nitrogens with zero attached hydrogens (tertiary/aromatic N) is 4. The molecule has 3 rings (SSSR count). The van der Waals surface area contributed by atoms with Gasteiger partial charge in [-0.15, -0.1) is 5.10 Å². The molecule has 0 aliphatic carbocycles. The summed E-state index contributed by atoms with van der Waals surface area (Å²) in [5, 5.41) is 6.67. The number of hydrogen-bond donors (Lipinski definition) is 1. The van der Waals surface area contributed by atoms with Crippen molar-refractivity contribution in [3.63, 3.8) is 0 Å². The summed E-state index contributed by atoms with van der Waals surface area (Å²) in [4.78, 5) is 30.0. The third-order valence-corrected chi connectivity index (χ3v) is 3.80. The lowest BCUT2D eigenvalue weighted by Crippen LogP contribution is -2.34. The molecule has 1 aliphatic rings. The summed E-state index contributed by atoms with van der Waals surface area (Å²) in [6.45, 7) is 1.74. The van der Waals surface area contributed by atoms with Gasteiger partial charge in [0.15, 0.2) is 0 Å². The van der Waals surface area contributed by atoms with E-state index in [4.69, 9.17) is 4.42 Å². The van der Waals surface area contributed by atoms with Crippen molar-refractivity contribution in [1.29, 1.82) is 0 Å². The predicted octanol–water partition coefficient (Wildman–Crippen LogP) is 1.53. The number of likely N-dealkylation sites (tertiary alicyclic amines) is 1. The van der Waals surface area contributed by atoms with Crippen molar-refractivity contribution in [3.05, 3.63) is 30.5 Å². The van der Waals surface area contributed by atoms with Gasteiger partial charge < -0.3 is 9.32 Å². The van der Waals surface area contributed by atoms with E-state index in [1.807, 2.05) is 4.90 Å². The summed E-state index contributed by atoms with van der Waals surface area (Å²) in [7, 11) is 0. The first-order valence-corrected chi connectivity index (χ1v) is 7.73. The highest BCUT2D eigenvalue weighted by Crippen LogP contribution is 2.10. The van der Waals surface area contributed by atoms with Crippen LogP contribution in [0.2, 0.25) is 0 Å². The Morgan fingerprint density at radius 3 is 2.70 bits per heavy atom. The van der Waals surface area contributed by atoms with E-state index in [1.54, 1.807) is 6.07 Å². The lowest BCUT2D eigenvalue weighted by molar-refractivity contribution is -0.132. The lowest BCUT2D eigenvalue weighted by atomic mass is 10.2. The average Bonchev–Trinajstić information content (AvgIpc) is 3.14. The maximum Gasteiger partial charge on any atom is 0.261 e. The standard InChI is InChI=1S/C15H19N5O3/c21-13(19-6-3-1-2-4-7-19)9-20-11-16-15(18-20)17-14(22)12-5-8-23-10-12/h5,8,10-11H,1-4,6-7,9H2,(H,17,18,22). The number of amides is 2. The minimum Gasteiger partial charge on any atom is -0.472 e. The van der Waals surface area contributed by atoms with Gasteiger partial charge in [-0.25, -0.2) is 9.67 Å². The molecule has 1 fully saturated rings. The summed E-state index contributed by atoms with van der Waals surface area (Å²) in [5.74, 6) is -0.153. The van der Waals surface area contributed by atoms with Crippen molar-refractivity contribution in [3.8, 4) is 0 Å². The Hall–Kier alpha value is -2.64. The summed E-state index contributed by atoms with van der Waals surface area (Å²) >= 11 is 0. The van der Waals surface area contributed by atoms with Crippen LogP contribution in [-0.4, -0.2) is 44.6 Å². The number of furan rings is 1. The Morgan fingerprint density at radius 2 is 2.00 bits per heavy atom. The quantitative estimate of drug-likeness (QED) is 0.923. The van der Waals surface area contributed by atoms with E-state index in [1.165, 1.54) is 36.4 Å². The first-order chi connectivity index (χ1) is 11.2. The van der Waals surface area contributed by atoms with Gasteiger partial charge >= 0.3 is 0 Å². The number of nitrogens with one attached hydrogen (secondary N) is 1. The summed E-state index contributed by atoms with van der Waals surface area (Å²) in [6.07, 6.45) is 8.66. The first kappa shape index (κ1) is 15.3. The Balaban J connectivity index is 1.56. The highest BCUT2D eigenvalue weighted by Gasteiger charge is 2.17. The first-order valence-electron chi connectivity index (χ1n) is 7.73. The second kappa shape index (κ2) is 7.08. The molecule has 0 bridgehead atoms. The number of carbonyl (C=O) groups excluding carboxylic acids is 2. The van der Waals surface area contributed by atoms with Crippen LogP contribution in [0.4, 0.5) is 5.95 Å². The normalized spacial score (nSPS) is 15.2. The molecule has 23 heavy (non-hydrogen) atoms. The third-order valence-electron chi connectivity index (χ3n) is 3.80. The fraction of sp³-hybridized carbons (Fsp3) is 0.467. The van der Waals surface area contributed by atoms with Crippen LogP contribution in [0.1, 0.15) is 36.0 Å². The molecular weight excluding hydrogens is 298 g/mol. The van der Waals surface area contributed by atoms with Crippen molar-refractivity contribution in [2.75, 3.05) is 18.4 Å². The Labute approximate surface area is 133 Å². The molecule has 1 aliphatic heterocycles. The van der Waals surface area contributed by atoms with E-state index in [-0.39, 0.29) is 24.3 Å². The van der Waals surface area contributed by atoms with Gasteiger partial charge in [0.1, 0.15) is 19.1 Å². The van der Waals surface area contributed by atoms with Crippen LogP contribution in [-0.2, 0) is 11.3 Å². The smallest absolute Gasteiger partial charge is 0.261 e. The maximum absolute atomic E-state index is 12.3. The molecule has 0 saturated carbocycles. The molecule has 0 radical (unpaired) electrons. The van der Waals surface area contributed by atoms with Crippen LogP contribution in [0.15, 0.2) is 29.3 Å². The minimum absolute atomic E-state index is 0.0320. The van der Waals surface area contributed by atoms with Crippen LogP contribution >= 0.6 is 0 Å². The summed E-state index contributed by atoms with van der Waals surface area (Å²) in [6, 6.07) is 1.55. The van der Waals surface area contributed by atoms with Gasteiger partial charge in [-0.1, -0.05) is 12.8 Å². The fourth-order valence-corrected chi connectivity index (χ4v) is 2.55. The summed E-state index contributed by atoms with van der Waals surface area (Å²) in [5.41, 5.74) is 0.391. The molecule has 0 unspecified atom stereocenters. The number of hydrogen-bond acceptors (Lipinski definition) is 5. The molecule has 8 nitrogen and oxygen atoms in total. The molecular formula is C15H19N5O3. The third kappa shape index (κ3) is 3.97. The van der Waals surface area contributed by atoms with Crippen molar-refractivity contribution in [2.24, 2.45) is 0 Å². The highest BCUT2D eigenvalue weighted by molar-refractivity contribution is 6.02. The monoisotopic (exact) mass is 317 g/mol. The number of rotatable bonds is 4. The molecule has 2 amide bonds. The van der Waals surface area contributed by atoms with E-state index < -0.39 is 0 Å². The molecule has 0 spiro atoms. The van der Waals surface area contributed by atoms with Crippen LogP contribution in [0.25, 0.3) is 0 Å². The van der Waals surface area contributed by atoms with Crippen LogP contribution in [0.5, 0.6) is 0 Å². The maximum atomic E-state index is 12.3. The number of aromatic nitrogens is 3. The van der Waals surface area contributed by atoms with E-state index in [0.29, 0.717) is 5.56 Å². The van der Waals surface area contributed by atoms with Gasteiger partial charge in [-0.05, 0) is 18.9 Å². The van der Waals surface area contributed by atoms with Gasteiger partial charge in [0.25, 0.3) is 5.91 Å². The van der Waals surface area contributed by atoms with Crippen molar-refractivity contribution < 1.29 is 14.0 Å². The second-order valence-electron chi connectivity index (χ2n) is 5.53. The lowest BCUT2D eigenvalue weighted by Gasteiger charge is -2.19. The van der Waals surface area contributed by atoms with Gasteiger partial charge in [-0.2, -0.15) is 0 Å². The SMILES string of the molecule is O=C(Nc1ncn(CC(=O)N2CCCCCC2)n1)c1ccoc1. The molecule has 0 aromatic carbocycles. The van der Waals surface area contributed by atoms with Gasteiger partial charge in [0.05, 0.1) is 11.8 Å². The highest BCUT2D eigenvalue weighted by atomic mass is 16.3. The largest absolute Gasteiger partial charge is 0.472 e. The Bertz CT molecular complexity index is 656. The van der Waals surface area contributed by atoms with Gasteiger partial charge in [0.2, 0.25) is 11.9 Å².